The summed E-state index contributed by atoms with van der Waals surface area (Å²) in [6, 6.07) is 8.18. The topological polar surface area (TPSA) is 31.2 Å². The van der Waals surface area contributed by atoms with Gasteiger partial charge in [-0.2, -0.15) is 0 Å². The predicted octanol–water partition coefficient (Wildman–Crippen LogP) is 2.69. The van der Waals surface area contributed by atoms with Crippen molar-refractivity contribution in [2.24, 2.45) is 0 Å². The second-order valence-electron chi connectivity index (χ2n) is 4.10. The van der Waals surface area contributed by atoms with Crippen molar-refractivity contribution in [1.82, 2.24) is 4.57 Å². The normalized spacial score (nSPS) is 10.8. The maximum absolute atomic E-state index is 11.4. The highest BCUT2D eigenvalue weighted by atomic mass is 16.5. The molecule has 0 aliphatic heterocycles. The number of esters is 1. The van der Waals surface area contributed by atoms with Crippen LogP contribution < -0.4 is 0 Å². The summed E-state index contributed by atoms with van der Waals surface area (Å²) in [5, 5.41) is 1.23. The van der Waals surface area contributed by atoms with Crippen LogP contribution in [0.3, 0.4) is 0 Å². The third-order valence-corrected chi connectivity index (χ3v) is 3.23. The van der Waals surface area contributed by atoms with Crippen LogP contribution in [0.2, 0.25) is 0 Å². The Balaban J connectivity index is 2.61. The number of rotatable bonds is 3. The standard InChI is InChI=1S/C14H17NO2/c1-4-11-10(2)15(9-14(16)17-3)13-8-6-5-7-12(11)13/h5-8H,4,9H2,1-3H3. The first-order chi connectivity index (χ1) is 8.19. The third-order valence-electron chi connectivity index (χ3n) is 3.23. The van der Waals surface area contributed by atoms with E-state index in [4.69, 9.17) is 4.74 Å². The Bertz CT molecular complexity index is 555. The number of aromatic nitrogens is 1. The number of benzene rings is 1. The zero-order chi connectivity index (χ0) is 12.4. The van der Waals surface area contributed by atoms with Crippen molar-refractivity contribution in [3.8, 4) is 0 Å². The summed E-state index contributed by atoms with van der Waals surface area (Å²) in [4.78, 5) is 11.4. The Hall–Kier alpha value is -1.77. The number of methoxy groups -OCH3 is 1. The molecular weight excluding hydrogens is 214 g/mol. The minimum atomic E-state index is -0.212. The van der Waals surface area contributed by atoms with Gasteiger partial charge in [-0.1, -0.05) is 25.1 Å². The van der Waals surface area contributed by atoms with Crippen LogP contribution in [0.25, 0.3) is 10.9 Å². The first kappa shape index (κ1) is 11.7. The van der Waals surface area contributed by atoms with Crippen molar-refractivity contribution in [2.75, 3.05) is 7.11 Å². The molecule has 2 aromatic rings. The summed E-state index contributed by atoms with van der Waals surface area (Å²) >= 11 is 0. The van der Waals surface area contributed by atoms with Gasteiger partial charge in [-0.3, -0.25) is 4.79 Å². The lowest BCUT2D eigenvalue weighted by Gasteiger charge is -2.06. The zero-order valence-corrected chi connectivity index (χ0v) is 10.5. The largest absolute Gasteiger partial charge is 0.468 e. The van der Waals surface area contributed by atoms with Crippen molar-refractivity contribution >= 4 is 16.9 Å². The molecule has 0 aliphatic carbocycles. The molecule has 0 spiro atoms. The van der Waals surface area contributed by atoms with Crippen LogP contribution in [0, 0.1) is 6.92 Å². The van der Waals surface area contributed by atoms with E-state index in [-0.39, 0.29) is 12.5 Å². The van der Waals surface area contributed by atoms with E-state index in [0.717, 1.165) is 17.6 Å². The molecule has 0 fully saturated rings. The fourth-order valence-corrected chi connectivity index (χ4v) is 2.35. The maximum Gasteiger partial charge on any atom is 0.325 e. The predicted molar refractivity (Wildman–Crippen MR) is 68.1 cm³/mol. The van der Waals surface area contributed by atoms with Crippen molar-refractivity contribution in [2.45, 2.75) is 26.8 Å². The van der Waals surface area contributed by atoms with Gasteiger partial charge in [-0.15, -0.1) is 0 Å². The summed E-state index contributed by atoms with van der Waals surface area (Å²) in [5.41, 5.74) is 3.57. The molecular formula is C14H17NO2. The molecule has 1 aromatic heterocycles. The number of fused-ring (bicyclic) bond motifs is 1. The first-order valence-electron chi connectivity index (χ1n) is 5.82. The lowest BCUT2D eigenvalue weighted by molar-refractivity contribution is -0.141. The van der Waals surface area contributed by atoms with Gasteiger partial charge in [0.1, 0.15) is 6.54 Å². The average Bonchev–Trinajstić information content (AvgIpc) is 2.62. The fourth-order valence-electron chi connectivity index (χ4n) is 2.35. The molecule has 0 unspecified atom stereocenters. The molecule has 3 nitrogen and oxygen atoms in total. The van der Waals surface area contributed by atoms with Gasteiger partial charge in [0.25, 0.3) is 0 Å². The molecule has 0 radical (unpaired) electrons. The van der Waals surface area contributed by atoms with Crippen LogP contribution in [-0.2, 0) is 22.5 Å². The van der Waals surface area contributed by atoms with E-state index in [9.17, 15) is 4.79 Å². The molecule has 3 heteroatoms. The summed E-state index contributed by atoms with van der Waals surface area (Å²) < 4.78 is 6.77. The van der Waals surface area contributed by atoms with Crippen molar-refractivity contribution in [3.05, 3.63) is 35.5 Å². The maximum atomic E-state index is 11.4. The lowest BCUT2D eigenvalue weighted by Crippen LogP contribution is -2.12. The molecule has 0 atom stereocenters. The van der Waals surface area contributed by atoms with Crippen LogP contribution in [0.1, 0.15) is 18.2 Å². The average molecular weight is 231 g/mol. The van der Waals surface area contributed by atoms with Crippen LogP contribution in [0.4, 0.5) is 0 Å². The Kier molecular flexibility index (Phi) is 3.18. The van der Waals surface area contributed by atoms with E-state index in [1.165, 1.54) is 18.1 Å². The number of ether oxygens (including phenoxy) is 1. The highest BCUT2D eigenvalue weighted by molar-refractivity contribution is 5.86. The van der Waals surface area contributed by atoms with E-state index in [2.05, 4.69) is 19.9 Å². The van der Waals surface area contributed by atoms with Crippen molar-refractivity contribution in [1.29, 1.82) is 0 Å². The van der Waals surface area contributed by atoms with Crippen LogP contribution in [0.15, 0.2) is 24.3 Å². The highest BCUT2D eigenvalue weighted by Crippen LogP contribution is 2.26. The van der Waals surface area contributed by atoms with Crippen LogP contribution in [0.5, 0.6) is 0 Å². The third kappa shape index (κ3) is 1.93. The Morgan fingerprint density at radius 3 is 2.71 bits per heavy atom. The van der Waals surface area contributed by atoms with E-state index in [0.29, 0.717) is 0 Å². The summed E-state index contributed by atoms with van der Waals surface area (Å²) in [7, 11) is 1.42. The quantitative estimate of drug-likeness (QED) is 0.760. The number of hydrogen-bond donors (Lipinski definition) is 0. The SMILES string of the molecule is CCc1c(C)n(CC(=O)OC)c2ccccc12. The Labute approximate surface area is 101 Å². The molecule has 1 heterocycles. The Morgan fingerprint density at radius 2 is 2.06 bits per heavy atom. The molecule has 2 rings (SSSR count). The van der Waals surface area contributed by atoms with Gasteiger partial charge < -0.3 is 9.30 Å². The molecule has 0 bridgehead atoms. The van der Waals surface area contributed by atoms with E-state index >= 15 is 0 Å². The zero-order valence-electron chi connectivity index (χ0n) is 10.5. The summed E-state index contributed by atoms with van der Waals surface area (Å²) in [6.45, 7) is 4.47. The van der Waals surface area contributed by atoms with Gasteiger partial charge in [-0.05, 0) is 25.0 Å². The number of hydrogen-bond acceptors (Lipinski definition) is 2. The second-order valence-corrected chi connectivity index (χ2v) is 4.10. The summed E-state index contributed by atoms with van der Waals surface area (Å²) in [6.07, 6.45) is 0.973. The molecule has 1 aromatic carbocycles. The number of carbonyl (C=O) groups is 1. The van der Waals surface area contributed by atoms with Crippen LogP contribution in [-0.4, -0.2) is 17.6 Å². The van der Waals surface area contributed by atoms with E-state index < -0.39 is 0 Å². The van der Waals surface area contributed by atoms with Gasteiger partial charge in [0.15, 0.2) is 0 Å². The molecule has 0 aliphatic rings. The fraction of sp³-hybridized carbons (Fsp3) is 0.357. The molecule has 0 saturated carbocycles. The molecule has 0 amide bonds. The highest BCUT2D eigenvalue weighted by Gasteiger charge is 2.14. The molecule has 0 saturated heterocycles. The second kappa shape index (κ2) is 4.62. The lowest BCUT2D eigenvalue weighted by atomic mass is 10.1. The van der Waals surface area contributed by atoms with Gasteiger partial charge in [-0.25, -0.2) is 0 Å². The number of para-hydroxylation sites is 1. The monoisotopic (exact) mass is 231 g/mol. The minimum Gasteiger partial charge on any atom is -0.468 e. The van der Waals surface area contributed by atoms with E-state index in [1.54, 1.807) is 0 Å². The number of carbonyl (C=O) groups excluding carboxylic acids is 1. The number of aryl methyl sites for hydroxylation is 1. The minimum absolute atomic E-state index is 0.212. The molecule has 0 N–H and O–H groups in total. The van der Waals surface area contributed by atoms with Gasteiger partial charge >= 0.3 is 5.97 Å². The van der Waals surface area contributed by atoms with Gasteiger partial charge in [0.2, 0.25) is 0 Å². The van der Waals surface area contributed by atoms with Crippen molar-refractivity contribution in [3.63, 3.8) is 0 Å². The van der Waals surface area contributed by atoms with Crippen molar-refractivity contribution < 1.29 is 9.53 Å². The molecule has 17 heavy (non-hydrogen) atoms. The van der Waals surface area contributed by atoms with Gasteiger partial charge in [0, 0.05) is 16.6 Å². The summed E-state index contributed by atoms with van der Waals surface area (Å²) in [5.74, 6) is -0.212. The Morgan fingerprint density at radius 1 is 1.35 bits per heavy atom. The van der Waals surface area contributed by atoms with Gasteiger partial charge in [0.05, 0.1) is 7.11 Å². The first-order valence-corrected chi connectivity index (χ1v) is 5.82. The number of nitrogens with zero attached hydrogens (tertiary/aromatic N) is 1. The molecule has 90 valence electrons. The van der Waals surface area contributed by atoms with Crippen LogP contribution >= 0.6 is 0 Å². The van der Waals surface area contributed by atoms with E-state index in [1.807, 2.05) is 22.8 Å². The smallest absolute Gasteiger partial charge is 0.325 e.